The summed E-state index contributed by atoms with van der Waals surface area (Å²) in [4.78, 5) is 9.03. The van der Waals surface area contributed by atoms with E-state index in [0.29, 0.717) is 6.10 Å². The first kappa shape index (κ1) is 22.2. The second kappa shape index (κ2) is 11.7. The van der Waals surface area contributed by atoms with Crippen molar-refractivity contribution in [3.05, 3.63) is 30.1 Å². The molecule has 8 heteroatoms. The number of anilines is 1. The van der Waals surface area contributed by atoms with Crippen LogP contribution < -0.4 is 15.5 Å². The fourth-order valence-corrected chi connectivity index (χ4v) is 3.45. The lowest BCUT2D eigenvalue weighted by atomic mass is 10.2. The van der Waals surface area contributed by atoms with E-state index in [4.69, 9.17) is 4.74 Å². The Morgan fingerprint density at radius 1 is 1.19 bits per heavy atom. The van der Waals surface area contributed by atoms with Crippen molar-refractivity contribution in [3.63, 3.8) is 0 Å². The lowest BCUT2D eigenvalue weighted by Gasteiger charge is -2.36. The highest BCUT2D eigenvalue weighted by Gasteiger charge is 2.18. The second-order valence-corrected chi connectivity index (χ2v) is 6.82. The van der Waals surface area contributed by atoms with Crippen LogP contribution in [0.3, 0.4) is 0 Å². The monoisotopic (exact) mass is 491 g/mol. The van der Waals surface area contributed by atoms with Crippen molar-refractivity contribution in [1.82, 2.24) is 15.5 Å². The molecule has 2 saturated heterocycles. The van der Waals surface area contributed by atoms with Crippen molar-refractivity contribution < 1.29 is 9.13 Å². The quantitative estimate of drug-likeness (QED) is 0.362. The zero-order valence-electron chi connectivity index (χ0n) is 16.0. The van der Waals surface area contributed by atoms with Gasteiger partial charge in [0.1, 0.15) is 5.82 Å². The molecule has 2 fully saturated rings. The minimum absolute atomic E-state index is 0. The molecule has 0 spiro atoms. The van der Waals surface area contributed by atoms with E-state index in [0.717, 1.165) is 76.9 Å². The number of nitrogens with zero attached hydrogens (tertiary/aromatic N) is 3. The number of piperazine rings is 1. The van der Waals surface area contributed by atoms with Gasteiger partial charge in [-0.3, -0.25) is 9.89 Å². The summed E-state index contributed by atoms with van der Waals surface area (Å²) in [5.41, 5.74) is 1.10. The Bertz CT molecular complexity index is 572. The molecule has 0 aromatic heterocycles. The SMILES string of the molecule is CN=C(NCCN1CCN(c2ccc(F)cc2)CC1)NCC1CCCO1.I. The Labute approximate surface area is 178 Å². The van der Waals surface area contributed by atoms with E-state index in [-0.39, 0.29) is 29.8 Å². The normalized spacial score (nSPS) is 21.0. The molecule has 0 saturated carbocycles. The summed E-state index contributed by atoms with van der Waals surface area (Å²) in [7, 11) is 1.80. The standard InChI is InChI=1S/C19H30FN5O.HI/c1-21-19(23-15-18-3-2-14-26-18)22-8-9-24-10-12-25(13-11-24)17-6-4-16(20)5-7-17;/h4-7,18H,2-3,8-15H2,1H3,(H2,21,22,23);1H. The Morgan fingerprint density at radius 2 is 1.93 bits per heavy atom. The van der Waals surface area contributed by atoms with Crippen LogP contribution >= 0.6 is 24.0 Å². The van der Waals surface area contributed by atoms with Crippen molar-refractivity contribution in [2.45, 2.75) is 18.9 Å². The van der Waals surface area contributed by atoms with Gasteiger partial charge < -0.3 is 20.3 Å². The van der Waals surface area contributed by atoms with Crippen LogP contribution in [0.2, 0.25) is 0 Å². The molecule has 2 aliphatic heterocycles. The minimum atomic E-state index is -0.181. The number of benzene rings is 1. The van der Waals surface area contributed by atoms with Crippen LogP contribution in [0.1, 0.15) is 12.8 Å². The third-order valence-electron chi connectivity index (χ3n) is 5.03. The summed E-state index contributed by atoms with van der Waals surface area (Å²) in [6.45, 7) is 7.51. The maximum absolute atomic E-state index is 13.0. The van der Waals surface area contributed by atoms with Crippen molar-refractivity contribution in [1.29, 1.82) is 0 Å². The smallest absolute Gasteiger partial charge is 0.191 e. The second-order valence-electron chi connectivity index (χ2n) is 6.82. The van der Waals surface area contributed by atoms with Crippen molar-refractivity contribution >= 4 is 35.6 Å². The number of hydrogen-bond donors (Lipinski definition) is 2. The van der Waals surface area contributed by atoms with Crippen LogP contribution in [-0.4, -0.2) is 76.4 Å². The van der Waals surface area contributed by atoms with Gasteiger partial charge in [0.2, 0.25) is 0 Å². The van der Waals surface area contributed by atoms with E-state index in [9.17, 15) is 4.39 Å². The highest BCUT2D eigenvalue weighted by molar-refractivity contribution is 14.0. The number of aliphatic imine (C=N–C) groups is 1. The lowest BCUT2D eigenvalue weighted by molar-refractivity contribution is 0.114. The van der Waals surface area contributed by atoms with Crippen molar-refractivity contribution in [3.8, 4) is 0 Å². The van der Waals surface area contributed by atoms with E-state index < -0.39 is 0 Å². The van der Waals surface area contributed by atoms with E-state index in [2.05, 4.69) is 25.4 Å². The Kier molecular flexibility index (Phi) is 9.57. The summed E-state index contributed by atoms with van der Waals surface area (Å²) in [5.74, 6) is 0.658. The largest absolute Gasteiger partial charge is 0.376 e. The molecule has 1 aromatic rings. The third kappa shape index (κ3) is 7.08. The molecule has 2 aliphatic rings. The van der Waals surface area contributed by atoms with Crippen LogP contribution in [0, 0.1) is 5.82 Å². The van der Waals surface area contributed by atoms with Gasteiger partial charge in [0.05, 0.1) is 6.10 Å². The molecule has 1 unspecified atom stereocenters. The van der Waals surface area contributed by atoms with Gasteiger partial charge in [-0.25, -0.2) is 4.39 Å². The van der Waals surface area contributed by atoms with E-state index in [1.807, 2.05) is 12.1 Å². The van der Waals surface area contributed by atoms with Gasteiger partial charge in [-0.2, -0.15) is 0 Å². The average Bonchev–Trinajstić information content (AvgIpc) is 3.19. The van der Waals surface area contributed by atoms with E-state index in [1.165, 1.54) is 12.1 Å². The Morgan fingerprint density at radius 3 is 2.56 bits per heavy atom. The van der Waals surface area contributed by atoms with Gasteiger partial charge in [-0.15, -0.1) is 24.0 Å². The van der Waals surface area contributed by atoms with Crippen molar-refractivity contribution in [2.75, 3.05) is 64.4 Å². The number of ether oxygens (including phenoxy) is 1. The number of guanidine groups is 1. The molecule has 1 aromatic carbocycles. The van der Waals surface area contributed by atoms with E-state index in [1.54, 1.807) is 7.05 Å². The molecule has 2 N–H and O–H groups in total. The van der Waals surface area contributed by atoms with Crippen LogP contribution in [-0.2, 0) is 4.74 Å². The summed E-state index contributed by atoms with van der Waals surface area (Å²) in [5, 5.41) is 6.71. The Hall–Kier alpha value is -1.13. The van der Waals surface area contributed by atoms with Crippen LogP contribution in [0.4, 0.5) is 10.1 Å². The van der Waals surface area contributed by atoms with Gasteiger partial charge in [0.25, 0.3) is 0 Å². The van der Waals surface area contributed by atoms with Gasteiger partial charge in [0, 0.05) is 65.2 Å². The molecule has 3 rings (SSSR count). The highest BCUT2D eigenvalue weighted by atomic mass is 127. The maximum atomic E-state index is 13.0. The van der Waals surface area contributed by atoms with Crippen LogP contribution in [0.5, 0.6) is 0 Å². The van der Waals surface area contributed by atoms with Crippen molar-refractivity contribution in [2.24, 2.45) is 4.99 Å². The molecule has 0 radical (unpaired) electrons. The van der Waals surface area contributed by atoms with Crippen LogP contribution in [0.15, 0.2) is 29.3 Å². The molecule has 6 nitrogen and oxygen atoms in total. The van der Waals surface area contributed by atoms with Gasteiger partial charge in [0.15, 0.2) is 5.96 Å². The fraction of sp³-hybridized carbons (Fsp3) is 0.632. The lowest BCUT2D eigenvalue weighted by Crippen LogP contribution is -2.49. The molecule has 152 valence electrons. The molecular formula is C19H31FIN5O. The van der Waals surface area contributed by atoms with Gasteiger partial charge in [-0.1, -0.05) is 0 Å². The first-order valence-corrected chi connectivity index (χ1v) is 9.53. The highest BCUT2D eigenvalue weighted by Crippen LogP contribution is 2.16. The molecule has 0 bridgehead atoms. The molecule has 0 amide bonds. The van der Waals surface area contributed by atoms with Gasteiger partial charge >= 0.3 is 0 Å². The van der Waals surface area contributed by atoms with Gasteiger partial charge in [-0.05, 0) is 37.1 Å². The molecular weight excluding hydrogens is 460 g/mol. The zero-order chi connectivity index (χ0) is 18.2. The fourth-order valence-electron chi connectivity index (χ4n) is 3.45. The molecule has 0 aliphatic carbocycles. The zero-order valence-corrected chi connectivity index (χ0v) is 18.3. The van der Waals surface area contributed by atoms with Crippen LogP contribution in [0.25, 0.3) is 0 Å². The number of nitrogens with one attached hydrogen (secondary N) is 2. The summed E-state index contributed by atoms with van der Waals surface area (Å²) in [6.07, 6.45) is 2.60. The van der Waals surface area contributed by atoms with E-state index >= 15 is 0 Å². The first-order valence-electron chi connectivity index (χ1n) is 9.53. The topological polar surface area (TPSA) is 52.1 Å². The Balaban J connectivity index is 0.00000261. The number of halogens is 2. The molecule has 1 atom stereocenters. The summed E-state index contributed by atoms with van der Waals surface area (Å²) < 4.78 is 18.7. The molecule has 27 heavy (non-hydrogen) atoms. The number of hydrogen-bond acceptors (Lipinski definition) is 4. The minimum Gasteiger partial charge on any atom is -0.376 e. The maximum Gasteiger partial charge on any atom is 0.191 e. The first-order chi connectivity index (χ1) is 12.7. The number of rotatable bonds is 6. The molecule has 2 heterocycles. The summed E-state index contributed by atoms with van der Waals surface area (Å²) >= 11 is 0. The third-order valence-corrected chi connectivity index (χ3v) is 5.03. The summed E-state index contributed by atoms with van der Waals surface area (Å²) in [6, 6.07) is 6.77. The average molecular weight is 491 g/mol. The predicted molar refractivity (Wildman–Crippen MR) is 119 cm³/mol. The predicted octanol–water partition coefficient (Wildman–Crippen LogP) is 1.91.